The fraction of sp³-hybridized carbons (Fsp3) is 0.889. The van der Waals surface area contributed by atoms with Gasteiger partial charge in [-0.15, -0.1) is 10.2 Å². The summed E-state index contributed by atoms with van der Waals surface area (Å²) in [6.45, 7) is 8.32. The molecule has 1 N–H and O–H groups in total. The van der Waals surface area contributed by atoms with Gasteiger partial charge in [0.15, 0.2) is 5.82 Å². The minimum atomic E-state index is 0.164. The van der Waals surface area contributed by atoms with Crippen molar-refractivity contribution in [2.75, 3.05) is 19.6 Å². The molecule has 6 heteroatoms. The summed E-state index contributed by atoms with van der Waals surface area (Å²) in [7, 11) is 1.79. The highest BCUT2D eigenvalue weighted by molar-refractivity contribution is 4.91. The lowest BCUT2D eigenvalue weighted by Gasteiger charge is -2.42. The molecule has 2 heterocycles. The zero-order valence-corrected chi connectivity index (χ0v) is 9.56. The molecule has 1 saturated heterocycles. The summed E-state index contributed by atoms with van der Waals surface area (Å²) >= 11 is 0. The molecule has 0 aromatic carbocycles. The Morgan fingerprint density at radius 3 is 2.87 bits per heavy atom. The van der Waals surface area contributed by atoms with Crippen molar-refractivity contribution in [3.05, 3.63) is 5.82 Å². The van der Waals surface area contributed by atoms with Crippen molar-refractivity contribution in [1.82, 2.24) is 30.4 Å². The van der Waals surface area contributed by atoms with Crippen molar-refractivity contribution in [3.8, 4) is 0 Å². The standard InChI is InChI=1S/C9H18N6/c1-9(2)7-10-4-5-15(9)6-8-11-13-14(3)12-8/h10H,4-7H2,1-3H3. The molecule has 0 unspecified atom stereocenters. The summed E-state index contributed by atoms with van der Waals surface area (Å²) in [5.41, 5.74) is 0.164. The van der Waals surface area contributed by atoms with Crippen LogP contribution in [0.1, 0.15) is 19.7 Å². The van der Waals surface area contributed by atoms with Gasteiger partial charge in [0.1, 0.15) is 0 Å². The molecule has 1 aliphatic heterocycles. The van der Waals surface area contributed by atoms with Crippen LogP contribution in [0.4, 0.5) is 0 Å². The zero-order valence-electron chi connectivity index (χ0n) is 9.56. The molecular weight excluding hydrogens is 192 g/mol. The number of rotatable bonds is 2. The molecule has 84 valence electrons. The molecule has 2 rings (SSSR count). The van der Waals surface area contributed by atoms with Crippen LogP contribution in [0.5, 0.6) is 0 Å². The first-order valence-corrected chi connectivity index (χ1v) is 5.26. The van der Waals surface area contributed by atoms with Crippen LogP contribution >= 0.6 is 0 Å². The molecule has 1 aliphatic rings. The summed E-state index contributed by atoms with van der Waals surface area (Å²) in [6.07, 6.45) is 0. The Morgan fingerprint density at radius 2 is 2.27 bits per heavy atom. The number of aromatic nitrogens is 4. The van der Waals surface area contributed by atoms with E-state index in [0.717, 1.165) is 32.0 Å². The van der Waals surface area contributed by atoms with Gasteiger partial charge in [-0.05, 0) is 19.1 Å². The second-order valence-corrected chi connectivity index (χ2v) is 4.61. The molecule has 0 bridgehead atoms. The van der Waals surface area contributed by atoms with Gasteiger partial charge in [0.25, 0.3) is 0 Å². The normalized spacial score (nSPS) is 21.8. The molecule has 0 spiro atoms. The molecule has 15 heavy (non-hydrogen) atoms. The van der Waals surface area contributed by atoms with Gasteiger partial charge >= 0.3 is 0 Å². The van der Waals surface area contributed by atoms with Gasteiger partial charge in [0.05, 0.1) is 13.6 Å². The molecule has 0 saturated carbocycles. The minimum Gasteiger partial charge on any atom is -0.314 e. The second-order valence-electron chi connectivity index (χ2n) is 4.61. The summed E-state index contributed by atoms with van der Waals surface area (Å²) in [5, 5.41) is 15.5. The van der Waals surface area contributed by atoms with E-state index in [1.165, 1.54) is 4.80 Å². The third-order valence-corrected chi connectivity index (χ3v) is 2.85. The monoisotopic (exact) mass is 210 g/mol. The van der Waals surface area contributed by atoms with Crippen molar-refractivity contribution in [2.45, 2.75) is 25.9 Å². The van der Waals surface area contributed by atoms with Gasteiger partial charge in [-0.25, -0.2) is 0 Å². The number of hydrogen-bond donors (Lipinski definition) is 1. The van der Waals surface area contributed by atoms with E-state index in [1.807, 2.05) is 0 Å². The Balaban J connectivity index is 2.04. The van der Waals surface area contributed by atoms with Crippen LogP contribution in [-0.4, -0.2) is 50.3 Å². The SMILES string of the molecule is Cn1nnc(CN2CCNCC2(C)C)n1. The molecule has 1 aromatic rings. The van der Waals surface area contributed by atoms with Crippen molar-refractivity contribution >= 4 is 0 Å². The van der Waals surface area contributed by atoms with E-state index in [9.17, 15) is 0 Å². The molecule has 0 amide bonds. The van der Waals surface area contributed by atoms with E-state index >= 15 is 0 Å². The maximum atomic E-state index is 4.20. The fourth-order valence-electron chi connectivity index (χ4n) is 1.87. The van der Waals surface area contributed by atoms with Crippen molar-refractivity contribution in [1.29, 1.82) is 0 Å². The topological polar surface area (TPSA) is 58.9 Å². The Morgan fingerprint density at radius 1 is 1.47 bits per heavy atom. The van der Waals surface area contributed by atoms with Crippen molar-refractivity contribution in [2.24, 2.45) is 7.05 Å². The van der Waals surface area contributed by atoms with Gasteiger partial charge in [-0.3, -0.25) is 4.90 Å². The first kappa shape index (κ1) is 10.5. The summed E-state index contributed by atoms with van der Waals surface area (Å²) in [6, 6.07) is 0. The lowest BCUT2D eigenvalue weighted by molar-refractivity contribution is 0.0798. The highest BCUT2D eigenvalue weighted by atomic mass is 15.6. The first-order chi connectivity index (χ1) is 7.08. The smallest absolute Gasteiger partial charge is 0.188 e. The van der Waals surface area contributed by atoms with E-state index in [-0.39, 0.29) is 5.54 Å². The average molecular weight is 210 g/mol. The van der Waals surface area contributed by atoms with Gasteiger partial charge in [0, 0.05) is 25.2 Å². The maximum absolute atomic E-state index is 4.20. The van der Waals surface area contributed by atoms with Gasteiger partial charge in [0.2, 0.25) is 0 Å². The van der Waals surface area contributed by atoms with Crippen LogP contribution in [0.2, 0.25) is 0 Å². The predicted octanol–water partition coefficient (Wildman–Crippen LogP) is -0.606. The van der Waals surface area contributed by atoms with Crippen LogP contribution in [0.3, 0.4) is 0 Å². The summed E-state index contributed by atoms with van der Waals surface area (Å²) in [4.78, 5) is 3.89. The van der Waals surface area contributed by atoms with E-state index in [1.54, 1.807) is 7.05 Å². The molecular formula is C9H18N6. The number of nitrogens with zero attached hydrogens (tertiary/aromatic N) is 5. The molecule has 0 radical (unpaired) electrons. The van der Waals surface area contributed by atoms with E-state index in [2.05, 4.69) is 39.5 Å². The van der Waals surface area contributed by atoms with Gasteiger partial charge in [-0.2, -0.15) is 4.80 Å². The highest BCUT2D eigenvalue weighted by Crippen LogP contribution is 2.17. The van der Waals surface area contributed by atoms with Gasteiger partial charge < -0.3 is 5.32 Å². The number of tetrazole rings is 1. The number of nitrogens with one attached hydrogen (secondary N) is 1. The van der Waals surface area contributed by atoms with E-state index in [4.69, 9.17) is 0 Å². The molecule has 6 nitrogen and oxygen atoms in total. The lowest BCUT2D eigenvalue weighted by Crippen LogP contribution is -2.57. The third-order valence-electron chi connectivity index (χ3n) is 2.85. The van der Waals surface area contributed by atoms with E-state index < -0.39 is 0 Å². The zero-order chi connectivity index (χ0) is 10.9. The quantitative estimate of drug-likeness (QED) is 0.706. The minimum absolute atomic E-state index is 0.164. The Labute approximate surface area is 89.6 Å². The number of aryl methyl sites for hydroxylation is 1. The van der Waals surface area contributed by atoms with E-state index in [0.29, 0.717) is 0 Å². The predicted molar refractivity (Wildman–Crippen MR) is 56.2 cm³/mol. The largest absolute Gasteiger partial charge is 0.314 e. The lowest BCUT2D eigenvalue weighted by atomic mass is 10.0. The van der Waals surface area contributed by atoms with Crippen LogP contribution in [0.15, 0.2) is 0 Å². The number of piperazine rings is 1. The summed E-state index contributed by atoms with van der Waals surface area (Å²) < 4.78 is 0. The molecule has 1 aromatic heterocycles. The highest BCUT2D eigenvalue weighted by Gasteiger charge is 2.30. The van der Waals surface area contributed by atoms with Crippen LogP contribution in [0, 0.1) is 0 Å². The Hall–Kier alpha value is -1.01. The van der Waals surface area contributed by atoms with Crippen LogP contribution in [0.25, 0.3) is 0 Å². The first-order valence-electron chi connectivity index (χ1n) is 5.26. The van der Waals surface area contributed by atoms with Crippen molar-refractivity contribution < 1.29 is 0 Å². The fourth-order valence-corrected chi connectivity index (χ4v) is 1.87. The number of hydrogen-bond acceptors (Lipinski definition) is 5. The Bertz CT molecular complexity index is 331. The van der Waals surface area contributed by atoms with Crippen LogP contribution in [-0.2, 0) is 13.6 Å². The average Bonchev–Trinajstić information content (AvgIpc) is 2.55. The Kier molecular flexibility index (Phi) is 2.70. The van der Waals surface area contributed by atoms with Crippen LogP contribution < -0.4 is 5.32 Å². The second kappa shape index (κ2) is 3.86. The maximum Gasteiger partial charge on any atom is 0.188 e. The molecule has 0 atom stereocenters. The van der Waals surface area contributed by atoms with Gasteiger partial charge in [-0.1, -0.05) is 0 Å². The summed E-state index contributed by atoms with van der Waals surface area (Å²) in [5.74, 6) is 0.799. The molecule has 1 fully saturated rings. The van der Waals surface area contributed by atoms with Crippen molar-refractivity contribution in [3.63, 3.8) is 0 Å². The molecule has 0 aliphatic carbocycles. The third kappa shape index (κ3) is 2.32.